The van der Waals surface area contributed by atoms with Crippen molar-refractivity contribution >= 4 is 12.1 Å². The molecule has 1 aliphatic heterocycles. The highest BCUT2D eigenvalue weighted by molar-refractivity contribution is 5.78. The molecule has 1 rings (SSSR count). The van der Waals surface area contributed by atoms with Crippen LogP contribution in [0.25, 0.3) is 0 Å². The Kier molecular flexibility index (Phi) is 5.74. The van der Waals surface area contributed by atoms with Crippen molar-refractivity contribution in [1.82, 2.24) is 9.80 Å². The summed E-state index contributed by atoms with van der Waals surface area (Å²) in [5.74, 6) is 1.08. The Morgan fingerprint density at radius 2 is 1.83 bits per heavy atom. The summed E-state index contributed by atoms with van der Waals surface area (Å²) in [6, 6.07) is 0. The minimum atomic E-state index is -0.241. The molecule has 1 saturated heterocycles. The molecule has 6 nitrogen and oxygen atoms in total. The van der Waals surface area contributed by atoms with Crippen molar-refractivity contribution in [2.24, 2.45) is 16.6 Å². The van der Waals surface area contributed by atoms with Crippen molar-refractivity contribution in [3.63, 3.8) is 0 Å². The van der Waals surface area contributed by atoms with Crippen LogP contribution in [0.2, 0.25) is 0 Å². The van der Waals surface area contributed by atoms with Crippen LogP contribution in [-0.2, 0) is 4.74 Å². The highest BCUT2D eigenvalue weighted by atomic mass is 16.6. The molecule has 1 heterocycles. The Labute approximate surface area is 109 Å². The number of nitrogens with two attached hydrogens (primary N) is 1. The summed E-state index contributed by atoms with van der Waals surface area (Å²) in [6.45, 7) is 9.88. The first kappa shape index (κ1) is 14.6. The van der Waals surface area contributed by atoms with Gasteiger partial charge in [-0.3, -0.25) is 4.99 Å². The lowest BCUT2D eigenvalue weighted by atomic mass is 10.2. The summed E-state index contributed by atoms with van der Waals surface area (Å²) in [4.78, 5) is 19.6. The number of carbonyl (C=O) groups excluding carboxylic acids is 1. The second-order valence-corrected chi connectivity index (χ2v) is 4.77. The molecule has 0 aromatic carbocycles. The van der Waals surface area contributed by atoms with Gasteiger partial charge in [0.15, 0.2) is 5.96 Å². The molecule has 2 N–H and O–H groups in total. The van der Waals surface area contributed by atoms with Crippen molar-refractivity contribution in [3.05, 3.63) is 0 Å². The van der Waals surface area contributed by atoms with Crippen LogP contribution in [0.4, 0.5) is 4.79 Å². The minimum absolute atomic E-state index is 0.241. The summed E-state index contributed by atoms with van der Waals surface area (Å²) in [6.07, 6.45) is -0.241. The predicted molar refractivity (Wildman–Crippen MR) is 71.5 cm³/mol. The molecule has 1 fully saturated rings. The lowest BCUT2D eigenvalue weighted by Gasteiger charge is -2.34. The Balaban J connectivity index is 2.39. The third-order valence-electron chi connectivity index (χ3n) is 2.75. The van der Waals surface area contributed by atoms with Gasteiger partial charge in [0.1, 0.15) is 0 Å². The van der Waals surface area contributed by atoms with Crippen molar-refractivity contribution < 1.29 is 9.53 Å². The summed E-state index contributed by atoms with van der Waals surface area (Å²) in [7, 11) is 0. The first-order chi connectivity index (χ1) is 8.54. The minimum Gasteiger partial charge on any atom is -0.450 e. The molecule has 0 aromatic heterocycles. The Hall–Kier alpha value is -1.46. The molecule has 0 aliphatic carbocycles. The average Bonchev–Trinajstić information content (AvgIpc) is 2.36. The molecular formula is C12H24N4O2. The molecular weight excluding hydrogens is 232 g/mol. The first-order valence-corrected chi connectivity index (χ1v) is 6.51. The molecule has 0 aromatic rings. The SMILES string of the molecule is CCOC(=O)N1CCN(C(N)=NCC(C)C)CC1. The zero-order valence-electron chi connectivity index (χ0n) is 11.6. The summed E-state index contributed by atoms with van der Waals surface area (Å²) in [5, 5.41) is 0. The number of ether oxygens (including phenoxy) is 1. The van der Waals surface area contributed by atoms with Gasteiger partial charge in [0, 0.05) is 32.7 Å². The van der Waals surface area contributed by atoms with Gasteiger partial charge in [0.2, 0.25) is 0 Å². The highest BCUT2D eigenvalue weighted by Gasteiger charge is 2.22. The van der Waals surface area contributed by atoms with E-state index in [1.54, 1.807) is 4.90 Å². The van der Waals surface area contributed by atoms with Gasteiger partial charge < -0.3 is 20.3 Å². The maximum absolute atomic E-state index is 11.5. The molecule has 0 atom stereocenters. The van der Waals surface area contributed by atoms with Gasteiger partial charge in [-0.2, -0.15) is 0 Å². The van der Waals surface area contributed by atoms with Crippen LogP contribution >= 0.6 is 0 Å². The molecule has 1 aliphatic rings. The second kappa shape index (κ2) is 7.08. The van der Waals surface area contributed by atoms with Crippen LogP contribution in [-0.4, -0.2) is 61.2 Å². The van der Waals surface area contributed by atoms with Gasteiger partial charge >= 0.3 is 6.09 Å². The van der Waals surface area contributed by atoms with E-state index < -0.39 is 0 Å². The lowest BCUT2D eigenvalue weighted by molar-refractivity contribution is 0.0917. The maximum Gasteiger partial charge on any atom is 0.409 e. The van der Waals surface area contributed by atoms with Gasteiger partial charge in [-0.05, 0) is 12.8 Å². The topological polar surface area (TPSA) is 71.2 Å². The number of hydrogen-bond acceptors (Lipinski definition) is 3. The quantitative estimate of drug-likeness (QED) is 0.597. The van der Waals surface area contributed by atoms with Crippen molar-refractivity contribution in [1.29, 1.82) is 0 Å². The molecule has 18 heavy (non-hydrogen) atoms. The summed E-state index contributed by atoms with van der Waals surface area (Å²) < 4.78 is 4.96. The first-order valence-electron chi connectivity index (χ1n) is 6.51. The molecule has 0 spiro atoms. The van der Waals surface area contributed by atoms with E-state index in [1.807, 2.05) is 11.8 Å². The normalized spacial score (nSPS) is 17.2. The third-order valence-corrected chi connectivity index (χ3v) is 2.75. The Morgan fingerprint density at radius 3 is 2.33 bits per heavy atom. The third kappa shape index (κ3) is 4.43. The van der Waals surface area contributed by atoms with Crippen LogP contribution in [0.1, 0.15) is 20.8 Å². The van der Waals surface area contributed by atoms with E-state index in [0.29, 0.717) is 44.7 Å². The number of aliphatic imine (C=N–C) groups is 1. The standard InChI is InChI=1S/C12H24N4O2/c1-4-18-12(17)16-7-5-15(6-8-16)11(13)14-9-10(2)3/h10H,4-9H2,1-3H3,(H2,13,14). The zero-order chi connectivity index (χ0) is 13.5. The van der Waals surface area contributed by atoms with Crippen LogP contribution in [0.3, 0.4) is 0 Å². The van der Waals surface area contributed by atoms with Crippen LogP contribution in [0.5, 0.6) is 0 Å². The van der Waals surface area contributed by atoms with E-state index in [-0.39, 0.29) is 6.09 Å². The molecule has 0 radical (unpaired) electrons. The van der Waals surface area contributed by atoms with Gasteiger partial charge in [0.25, 0.3) is 0 Å². The van der Waals surface area contributed by atoms with Crippen LogP contribution in [0, 0.1) is 5.92 Å². The molecule has 6 heteroatoms. The molecule has 1 amide bonds. The van der Waals surface area contributed by atoms with E-state index in [0.717, 1.165) is 6.54 Å². The Morgan fingerprint density at radius 1 is 1.28 bits per heavy atom. The van der Waals surface area contributed by atoms with Gasteiger partial charge in [-0.1, -0.05) is 13.8 Å². The molecule has 0 saturated carbocycles. The lowest BCUT2D eigenvalue weighted by Crippen LogP contribution is -2.52. The number of carbonyl (C=O) groups is 1. The number of rotatable bonds is 3. The van der Waals surface area contributed by atoms with E-state index in [1.165, 1.54) is 0 Å². The highest BCUT2D eigenvalue weighted by Crippen LogP contribution is 2.04. The van der Waals surface area contributed by atoms with Crippen molar-refractivity contribution in [2.75, 3.05) is 39.3 Å². The molecule has 104 valence electrons. The van der Waals surface area contributed by atoms with Gasteiger partial charge in [-0.15, -0.1) is 0 Å². The van der Waals surface area contributed by atoms with Crippen molar-refractivity contribution in [2.45, 2.75) is 20.8 Å². The maximum atomic E-state index is 11.5. The van der Waals surface area contributed by atoms with Gasteiger partial charge in [-0.25, -0.2) is 4.79 Å². The van der Waals surface area contributed by atoms with E-state index >= 15 is 0 Å². The number of piperazine rings is 1. The fraction of sp³-hybridized carbons (Fsp3) is 0.833. The largest absolute Gasteiger partial charge is 0.450 e. The average molecular weight is 256 g/mol. The molecule has 0 unspecified atom stereocenters. The predicted octanol–water partition coefficient (Wildman–Crippen LogP) is 0.731. The number of hydrogen-bond donors (Lipinski definition) is 1. The molecule has 0 bridgehead atoms. The monoisotopic (exact) mass is 256 g/mol. The fourth-order valence-corrected chi connectivity index (χ4v) is 1.71. The van der Waals surface area contributed by atoms with E-state index in [4.69, 9.17) is 10.5 Å². The summed E-state index contributed by atoms with van der Waals surface area (Å²) in [5.41, 5.74) is 5.92. The van der Waals surface area contributed by atoms with Crippen molar-refractivity contribution in [3.8, 4) is 0 Å². The summed E-state index contributed by atoms with van der Waals surface area (Å²) >= 11 is 0. The zero-order valence-corrected chi connectivity index (χ0v) is 11.6. The van der Waals surface area contributed by atoms with Crippen LogP contribution in [0.15, 0.2) is 4.99 Å². The fourth-order valence-electron chi connectivity index (χ4n) is 1.71. The van der Waals surface area contributed by atoms with Crippen LogP contribution < -0.4 is 5.73 Å². The number of nitrogens with zero attached hydrogens (tertiary/aromatic N) is 3. The van der Waals surface area contributed by atoms with E-state index in [2.05, 4.69) is 18.8 Å². The number of amides is 1. The van der Waals surface area contributed by atoms with E-state index in [9.17, 15) is 4.79 Å². The number of guanidine groups is 1. The smallest absolute Gasteiger partial charge is 0.409 e. The van der Waals surface area contributed by atoms with Gasteiger partial charge in [0.05, 0.1) is 6.61 Å². The Bertz CT molecular complexity index is 296. The second-order valence-electron chi connectivity index (χ2n) is 4.77.